The number of aromatic nitrogens is 2. The van der Waals surface area contributed by atoms with Gasteiger partial charge in [-0.15, -0.1) is 0 Å². The molecule has 0 bridgehead atoms. The Hall–Kier alpha value is -1.81. The minimum atomic E-state index is 0.0176. The highest BCUT2D eigenvalue weighted by molar-refractivity contribution is 5.63. The third-order valence-electron chi connectivity index (χ3n) is 4.43. The number of ether oxygens (including phenoxy) is 1. The lowest BCUT2D eigenvalue weighted by Gasteiger charge is -2.25. The second-order valence-corrected chi connectivity index (χ2v) is 7.53. The second-order valence-electron chi connectivity index (χ2n) is 7.53. The van der Waals surface area contributed by atoms with Crippen molar-refractivity contribution in [2.75, 3.05) is 18.9 Å². The zero-order valence-corrected chi connectivity index (χ0v) is 14.4. The molecule has 0 atom stereocenters. The summed E-state index contributed by atoms with van der Waals surface area (Å²) in [5.74, 6) is 1.81. The summed E-state index contributed by atoms with van der Waals surface area (Å²) in [7, 11) is 0. The van der Waals surface area contributed by atoms with Crippen molar-refractivity contribution in [3.63, 3.8) is 0 Å². The Morgan fingerprint density at radius 3 is 2.65 bits per heavy atom. The normalized spacial score (nSPS) is 16.7. The highest BCUT2D eigenvalue weighted by atomic mass is 16.5. The zero-order valence-electron chi connectivity index (χ0n) is 14.4. The van der Waals surface area contributed by atoms with Gasteiger partial charge in [0.25, 0.3) is 0 Å². The van der Waals surface area contributed by atoms with Crippen molar-refractivity contribution >= 4 is 5.69 Å². The van der Waals surface area contributed by atoms with Gasteiger partial charge in [0, 0.05) is 42.6 Å². The lowest BCUT2D eigenvalue weighted by atomic mass is 9.94. The summed E-state index contributed by atoms with van der Waals surface area (Å²) >= 11 is 0. The minimum absolute atomic E-state index is 0.0176. The van der Waals surface area contributed by atoms with Crippen LogP contribution in [0.5, 0.6) is 0 Å². The van der Waals surface area contributed by atoms with Crippen LogP contribution in [0.2, 0.25) is 0 Å². The van der Waals surface area contributed by atoms with Crippen molar-refractivity contribution < 1.29 is 4.74 Å². The van der Waals surface area contributed by atoms with Gasteiger partial charge in [0.05, 0.1) is 5.69 Å². The van der Waals surface area contributed by atoms with Crippen molar-refractivity contribution in [1.29, 1.82) is 0 Å². The summed E-state index contributed by atoms with van der Waals surface area (Å²) in [6, 6.07) is 7.96. The minimum Gasteiger partial charge on any atom is -0.399 e. The van der Waals surface area contributed by atoms with Gasteiger partial charge in [-0.25, -0.2) is 4.98 Å². The average molecular weight is 313 g/mol. The first-order valence-corrected chi connectivity index (χ1v) is 8.45. The molecule has 1 aliphatic heterocycles. The van der Waals surface area contributed by atoms with Gasteiger partial charge in [-0.3, -0.25) is 0 Å². The SMILES string of the molecule is CC(C)(C)c1nc(-c2cccc(N)c2)cn1CC1CCOCC1. The summed E-state index contributed by atoms with van der Waals surface area (Å²) in [4.78, 5) is 4.93. The van der Waals surface area contributed by atoms with Crippen LogP contribution >= 0.6 is 0 Å². The van der Waals surface area contributed by atoms with Gasteiger partial charge in [-0.1, -0.05) is 32.9 Å². The van der Waals surface area contributed by atoms with Crippen LogP contribution < -0.4 is 5.73 Å². The molecule has 2 N–H and O–H groups in total. The molecule has 124 valence electrons. The zero-order chi connectivity index (χ0) is 16.4. The van der Waals surface area contributed by atoms with E-state index in [0.29, 0.717) is 5.92 Å². The molecule has 3 rings (SSSR count). The molecule has 2 heterocycles. The number of hydrogen-bond donors (Lipinski definition) is 1. The first kappa shape index (κ1) is 16.1. The van der Waals surface area contributed by atoms with Crippen LogP contribution in [0, 0.1) is 5.92 Å². The van der Waals surface area contributed by atoms with Gasteiger partial charge < -0.3 is 15.0 Å². The van der Waals surface area contributed by atoms with Gasteiger partial charge in [0.2, 0.25) is 0 Å². The summed E-state index contributed by atoms with van der Waals surface area (Å²) in [5.41, 5.74) is 8.81. The second kappa shape index (κ2) is 6.36. The van der Waals surface area contributed by atoms with E-state index < -0.39 is 0 Å². The standard InChI is InChI=1S/C19H27N3O/c1-19(2,3)18-21-17(15-5-4-6-16(20)11-15)13-22(18)12-14-7-9-23-10-8-14/h4-6,11,13-14H,7-10,12,20H2,1-3H3. The number of nitrogens with zero attached hydrogens (tertiary/aromatic N) is 2. The summed E-state index contributed by atoms with van der Waals surface area (Å²) in [6.45, 7) is 9.45. The lowest BCUT2D eigenvalue weighted by Crippen LogP contribution is -2.24. The number of rotatable bonds is 3. The Bertz CT molecular complexity index is 663. The van der Waals surface area contributed by atoms with E-state index in [9.17, 15) is 0 Å². The number of nitrogen functional groups attached to an aromatic ring is 1. The molecule has 1 aromatic heterocycles. The highest BCUT2D eigenvalue weighted by Gasteiger charge is 2.24. The molecule has 0 saturated carbocycles. The van der Waals surface area contributed by atoms with Gasteiger partial charge in [0.1, 0.15) is 5.82 Å². The van der Waals surface area contributed by atoms with Crippen LogP contribution in [0.4, 0.5) is 5.69 Å². The smallest absolute Gasteiger partial charge is 0.114 e. The number of hydrogen-bond acceptors (Lipinski definition) is 3. The van der Waals surface area contributed by atoms with Crippen LogP contribution in [0.15, 0.2) is 30.5 Å². The fraction of sp³-hybridized carbons (Fsp3) is 0.526. The Morgan fingerprint density at radius 2 is 2.00 bits per heavy atom. The maximum absolute atomic E-state index is 5.93. The molecule has 2 aromatic rings. The summed E-state index contributed by atoms with van der Waals surface area (Å²) in [5, 5.41) is 0. The van der Waals surface area contributed by atoms with Crippen LogP contribution in [0.3, 0.4) is 0 Å². The third kappa shape index (κ3) is 3.75. The van der Waals surface area contributed by atoms with E-state index in [0.717, 1.165) is 55.4 Å². The predicted molar refractivity (Wildman–Crippen MR) is 94.3 cm³/mol. The largest absolute Gasteiger partial charge is 0.399 e. The Balaban J connectivity index is 1.93. The van der Waals surface area contributed by atoms with Crippen molar-refractivity contribution in [3.8, 4) is 11.3 Å². The molecule has 0 amide bonds. The number of benzene rings is 1. The molecule has 1 fully saturated rings. The maximum atomic E-state index is 5.93. The Morgan fingerprint density at radius 1 is 1.26 bits per heavy atom. The number of imidazole rings is 1. The molecule has 1 aliphatic rings. The van der Waals surface area contributed by atoms with E-state index in [1.807, 2.05) is 18.2 Å². The molecule has 1 aromatic carbocycles. The van der Waals surface area contributed by atoms with Crippen LogP contribution in [-0.2, 0) is 16.7 Å². The quantitative estimate of drug-likeness (QED) is 0.876. The summed E-state index contributed by atoms with van der Waals surface area (Å²) < 4.78 is 7.83. The van der Waals surface area contributed by atoms with Crippen LogP contribution in [-0.4, -0.2) is 22.8 Å². The third-order valence-corrected chi connectivity index (χ3v) is 4.43. The molecular weight excluding hydrogens is 286 g/mol. The first-order valence-electron chi connectivity index (χ1n) is 8.45. The van der Waals surface area contributed by atoms with E-state index >= 15 is 0 Å². The van der Waals surface area contributed by atoms with Crippen molar-refractivity contribution in [2.45, 2.75) is 45.6 Å². The molecule has 0 unspecified atom stereocenters. The highest BCUT2D eigenvalue weighted by Crippen LogP contribution is 2.29. The molecule has 0 spiro atoms. The molecule has 1 saturated heterocycles. The average Bonchev–Trinajstić information content (AvgIpc) is 2.92. The van der Waals surface area contributed by atoms with E-state index in [4.69, 9.17) is 15.5 Å². The Kier molecular flexibility index (Phi) is 4.44. The van der Waals surface area contributed by atoms with Gasteiger partial charge in [-0.05, 0) is 30.9 Å². The van der Waals surface area contributed by atoms with E-state index in [-0.39, 0.29) is 5.41 Å². The van der Waals surface area contributed by atoms with E-state index in [2.05, 4.69) is 37.6 Å². The summed E-state index contributed by atoms with van der Waals surface area (Å²) in [6.07, 6.45) is 4.45. The number of nitrogens with two attached hydrogens (primary N) is 1. The van der Waals surface area contributed by atoms with Crippen LogP contribution in [0.1, 0.15) is 39.4 Å². The molecule has 23 heavy (non-hydrogen) atoms. The van der Waals surface area contributed by atoms with Gasteiger partial charge >= 0.3 is 0 Å². The monoisotopic (exact) mass is 313 g/mol. The van der Waals surface area contributed by atoms with Crippen molar-refractivity contribution in [1.82, 2.24) is 9.55 Å². The molecular formula is C19H27N3O. The van der Waals surface area contributed by atoms with E-state index in [1.165, 1.54) is 0 Å². The molecule has 0 aliphatic carbocycles. The van der Waals surface area contributed by atoms with Gasteiger partial charge in [-0.2, -0.15) is 0 Å². The topological polar surface area (TPSA) is 53.1 Å². The molecule has 4 nitrogen and oxygen atoms in total. The van der Waals surface area contributed by atoms with Crippen LogP contribution in [0.25, 0.3) is 11.3 Å². The van der Waals surface area contributed by atoms with Crippen molar-refractivity contribution in [3.05, 3.63) is 36.3 Å². The molecule has 0 radical (unpaired) electrons. The van der Waals surface area contributed by atoms with Crippen molar-refractivity contribution in [2.24, 2.45) is 5.92 Å². The number of anilines is 1. The van der Waals surface area contributed by atoms with Gasteiger partial charge in [0.15, 0.2) is 0 Å². The molecule has 4 heteroatoms. The Labute approximate surface area is 138 Å². The van der Waals surface area contributed by atoms with E-state index in [1.54, 1.807) is 0 Å². The fourth-order valence-corrected chi connectivity index (χ4v) is 3.20. The lowest BCUT2D eigenvalue weighted by molar-refractivity contribution is 0.0608. The first-order chi connectivity index (χ1) is 10.9. The fourth-order valence-electron chi connectivity index (χ4n) is 3.20. The predicted octanol–water partition coefficient (Wildman–Crippen LogP) is 3.86. The maximum Gasteiger partial charge on any atom is 0.114 e.